The fraction of sp³-hybridized carbons (Fsp3) is 0.556. The average molecular weight is 690 g/mol. The van der Waals surface area contributed by atoms with Gasteiger partial charge in [-0.2, -0.15) is 5.26 Å². The van der Waals surface area contributed by atoms with Crippen LogP contribution in [0.25, 0.3) is 17.0 Å². The number of aromatic nitrogens is 3. The van der Waals surface area contributed by atoms with Gasteiger partial charge in [-0.05, 0) is 74.1 Å². The third-order valence-electron chi connectivity index (χ3n) is 9.73. The largest absolute Gasteiger partial charge is 0.469 e. The second kappa shape index (κ2) is 16.1. The Morgan fingerprint density at radius 3 is 2.38 bits per heavy atom. The van der Waals surface area contributed by atoms with E-state index in [2.05, 4.69) is 52.3 Å². The van der Waals surface area contributed by atoms with E-state index in [-0.39, 0.29) is 59.6 Å². The fourth-order valence-corrected chi connectivity index (χ4v) is 7.26. The van der Waals surface area contributed by atoms with Crippen molar-refractivity contribution in [1.82, 2.24) is 24.8 Å². The van der Waals surface area contributed by atoms with E-state index >= 15 is 0 Å². The monoisotopic (exact) mass is 689 g/mol. The molecule has 0 radical (unpaired) electrons. The topological polar surface area (TPSA) is 180 Å². The third-order valence-corrected chi connectivity index (χ3v) is 9.73. The number of rotatable bonds is 10. The molecule has 0 aliphatic heterocycles. The van der Waals surface area contributed by atoms with E-state index in [1.807, 2.05) is 0 Å². The summed E-state index contributed by atoms with van der Waals surface area (Å²) in [5.41, 5.74) is 1.13. The van der Waals surface area contributed by atoms with E-state index in [0.717, 1.165) is 44.9 Å². The quantitative estimate of drug-likeness (QED) is 0.207. The molecule has 0 spiro atoms. The van der Waals surface area contributed by atoms with Gasteiger partial charge in [-0.25, -0.2) is 19.1 Å². The molecule has 14 heteroatoms. The number of amides is 3. The Morgan fingerprint density at radius 2 is 1.74 bits per heavy atom. The van der Waals surface area contributed by atoms with Gasteiger partial charge in [0.15, 0.2) is 11.5 Å². The summed E-state index contributed by atoms with van der Waals surface area (Å²) in [6.07, 6.45) is 5.77. The van der Waals surface area contributed by atoms with Gasteiger partial charge in [0.2, 0.25) is 5.88 Å². The normalized spacial score (nSPS) is 20.8. The number of carbonyl (C=O) groups is 4. The molecule has 2 aliphatic rings. The summed E-state index contributed by atoms with van der Waals surface area (Å²) in [6.45, 7) is 6.65. The summed E-state index contributed by atoms with van der Waals surface area (Å²) >= 11 is 0. The Labute approximate surface area is 291 Å². The van der Waals surface area contributed by atoms with Crippen molar-refractivity contribution in [1.29, 1.82) is 5.26 Å². The molecule has 50 heavy (non-hydrogen) atoms. The molecule has 1 aromatic carbocycles. The second-order valence-electron chi connectivity index (χ2n) is 13.8. The van der Waals surface area contributed by atoms with Crippen molar-refractivity contribution in [2.24, 2.45) is 17.8 Å². The molecule has 2 atom stereocenters. The number of nitrogens with zero attached hydrogens (tertiary/aromatic N) is 4. The molecule has 0 bridgehead atoms. The minimum atomic E-state index is -0.782. The van der Waals surface area contributed by atoms with Gasteiger partial charge in [0, 0.05) is 37.3 Å². The zero-order valence-corrected chi connectivity index (χ0v) is 29.4. The summed E-state index contributed by atoms with van der Waals surface area (Å²) in [6, 6.07) is 8.93. The molecule has 2 unspecified atom stereocenters. The Bertz CT molecular complexity index is 1720. The number of hydrogen-bond donors (Lipinski definition) is 3. The van der Waals surface area contributed by atoms with Gasteiger partial charge in [0.25, 0.3) is 5.91 Å². The first kappa shape index (κ1) is 36.2. The molecule has 2 aliphatic carbocycles. The van der Waals surface area contributed by atoms with E-state index in [1.54, 1.807) is 24.3 Å². The molecule has 3 aromatic rings. The lowest BCUT2D eigenvalue weighted by molar-refractivity contribution is -0.140. The van der Waals surface area contributed by atoms with Crippen LogP contribution >= 0.6 is 0 Å². The number of ether oxygens (including phenoxy) is 3. The van der Waals surface area contributed by atoms with Crippen molar-refractivity contribution in [3.8, 4) is 23.3 Å². The Kier molecular flexibility index (Phi) is 11.7. The van der Waals surface area contributed by atoms with Crippen molar-refractivity contribution >= 4 is 35.4 Å². The van der Waals surface area contributed by atoms with Crippen LogP contribution in [0.3, 0.4) is 0 Å². The molecular formula is C36H47N7O7. The maximum absolute atomic E-state index is 13.7. The molecule has 2 aromatic heterocycles. The standard InChI is InChI=1S/C36H47N7O7/c1-21-18-22(2)30(23(3)19-21)49-35(46)39-26-15-13-24(14-16-26)31-40-32-27(20-37)29(33(45)38-25-10-7-6-8-11-25)34(43(32)41-31)50-36(47)42(4)17-9-12-28(44)48-5/h13-16,21-23,25,30H,6-12,17-19H2,1-5H3,(H,38,45)(H,39,46)(H,40,41). The Hall–Kier alpha value is -5.06. The van der Waals surface area contributed by atoms with Crippen molar-refractivity contribution in [3.63, 3.8) is 0 Å². The second-order valence-corrected chi connectivity index (χ2v) is 13.8. The lowest BCUT2D eigenvalue weighted by Crippen LogP contribution is -2.38. The van der Waals surface area contributed by atoms with Crippen LogP contribution in [0, 0.1) is 29.1 Å². The molecule has 14 nitrogen and oxygen atoms in total. The summed E-state index contributed by atoms with van der Waals surface area (Å²) in [7, 11) is 2.81. The number of hydrogen-bond acceptors (Lipinski definition) is 9. The number of benzene rings is 1. The van der Waals surface area contributed by atoms with E-state index in [0.29, 0.717) is 29.4 Å². The number of carbonyl (C=O) groups excluding carboxylic acids is 4. The third kappa shape index (κ3) is 8.38. The van der Waals surface area contributed by atoms with Crippen LogP contribution in [0.4, 0.5) is 15.3 Å². The first-order valence-electron chi connectivity index (χ1n) is 17.4. The van der Waals surface area contributed by atoms with Gasteiger partial charge in [-0.15, -0.1) is 0 Å². The van der Waals surface area contributed by atoms with Crippen LogP contribution < -0.4 is 15.4 Å². The van der Waals surface area contributed by atoms with Crippen molar-refractivity contribution in [2.45, 2.75) is 90.7 Å². The predicted octanol–water partition coefficient (Wildman–Crippen LogP) is 6.27. The summed E-state index contributed by atoms with van der Waals surface area (Å²) in [5, 5.41) is 19.1. The maximum atomic E-state index is 13.7. The Balaban J connectivity index is 1.37. The predicted molar refractivity (Wildman–Crippen MR) is 185 cm³/mol. The van der Waals surface area contributed by atoms with Gasteiger partial charge < -0.3 is 24.4 Å². The summed E-state index contributed by atoms with van der Waals surface area (Å²) < 4.78 is 17.6. The number of methoxy groups -OCH3 is 1. The van der Waals surface area contributed by atoms with Crippen LogP contribution in [0.15, 0.2) is 24.3 Å². The highest BCUT2D eigenvalue weighted by Gasteiger charge is 2.35. The fourth-order valence-electron chi connectivity index (χ4n) is 7.26. The van der Waals surface area contributed by atoms with Crippen LogP contribution in [0.2, 0.25) is 0 Å². The smallest absolute Gasteiger partial charge is 0.416 e. The van der Waals surface area contributed by atoms with Crippen LogP contribution in [0.1, 0.15) is 94.5 Å². The van der Waals surface area contributed by atoms with Crippen molar-refractivity contribution in [2.75, 3.05) is 26.0 Å². The highest BCUT2D eigenvalue weighted by atomic mass is 16.6. The number of anilines is 1. The van der Waals surface area contributed by atoms with Gasteiger partial charge in [0.1, 0.15) is 23.3 Å². The van der Waals surface area contributed by atoms with E-state index in [9.17, 15) is 24.4 Å². The molecule has 3 amide bonds. The lowest BCUT2D eigenvalue weighted by atomic mass is 9.75. The molecule has 2 heterocycles. The van der Waals surface area contributed by atoms with Crippen molar-refractivity contribution < 1.29 is 33.4 Å². The summed E-state index contributed by atoms with van der Waals surface area (Å²) in [5.74, 6) is 0.404. The first-order valence-corrected chi connectivity index (χ1v) is 17.4. The van der Waals surface area contributed by atoms with Gasteiger partial charge in [-0.1, -0.05) is 40.0 Å². The van der Waals surface area contributed by atoms with E-state index < -0.39 is 24.1 Å². The molecule has 2 fully saturated rings. The lowest BCUT2D eigenvalue weighted by Gasteiger charge is -2.37. The van der Waals surface area contributed by atoms with Crippen LogP contribution in [0.5, 0.6) is 5.88 Å². The van der Waals surface area contributed by atoms with Crippen LogP contribution in [-0.4, -0.2) is 76.4 Å². The molecule has 3 N–H and O–H groups in total. The highest BCUT2D eigenvalue weighted by molar-refractivity contribution is 6.02. The number of nitrogens with one attached hydrogen (secondary N) is 3. The van der Waals surface area contributed by atoms with Gasteiger partial charge >= 0.3 is 18.2 Å². The number of esters is 1. The minimum Gasteiger partial charge on any atom is -0.469 e. The molecule has 268 valence electrons. The summed E-state index contributed by atoms with van der Waals surface area (Å²) in [4.78, 5) is 57.1. The van der Waals surface area contributed by atoms with Gasteiger partial charge in [0.05, 0.1) is 7.11 Å². The zero-order chi connectivity index (χ0) is 35.9. The number of nitriles is 1. The molecule has 2 saturated carbocycles. The van der Waals surface area contributed by atoms with E-state index in [1.165, 1.54) is 23.6 Å². The minimum absolute atomic E-state index is 0.0430. The first-order chi connectivity index (χ1) is 24.0. The number of H-pyrrole nitrogens is 1. The molecule has 5 rings (SSSR count). The Morgan fingerprint density at radius 1 is 1.06 bits per heavy atom. The zero-order valence-electron chi connectivity index (χ0n) is 29.4. The SMILES string of the molecule is COC(=O)CCCN(C)C(=O)Oc1c(C(=O)NC2CCCCC2)c(C#N)c2nc(-c3ccc(NC(=O)OC4C(C)CC(C)CC4C)cc3)[nH]n12. The number of fused-ring (bicyclic) bond motifs is 1. The van der Waals surface area contributed by atoms with Crippen LogP contribution in [-0.2, 0) is 14.3 Å². The molecular weight excluding hydrogens is 642 g/mol. The maximum Gasteiger partial charge on any atom is 0.416 e. The average Bonchev–Trinajstić information content (AvgIpc) is 3.64. The number of aromatic amines is 1. The highest BCUT2D eigenvalue weighted by Crippen LogP contribution is 2.35. The molecule has 0 saturated heterocycles. The van der Waals surface area contributed by atoms with Gasteiger partial charge in [-0.3, -0.25) is 20.0 Å². The van der Waals surface area contributed by atoms with Crippen molar-refractivity contribution in [3.05, 3.63) is 35.4 Å². The van der Waals surface area contributed by atoms with E-state index in [4.69, 9.17) is 9.47 Å².